The Bertz CT molecular complexity index is 872. The smallest absolute Gasteiger partial charge is 0.271 e. The van der Waals surface area contributed by atoms with E-state index in [4.69, 9.17) is 4.74 Å². The number of likely N-dealkylation sites (N-methyl/N-ethyl adjacent to an activating group) is 1. The summed E-state index contributed by atoms with van der Waals surface area (Å²) in [7, 11) is 4.17. The summed E-state index contributed by atoms with van der Waals surface area (Å²) in [6.45, 7) is 1.15. The zero-order valence-corrected chi connectivity index (χ0v) is 18.0. The van der Waals surface area contributed by atoms with Gasteiger partial charge in [0.25, 0.3) is 11.5 Å². The van der Waals surface area contributed by atoms with Crippen LogP contribution in [0.25, 0.3) is 0 Å². The third kappa shape index (κ3) is 5.69. The minimum absolute atomic E-state index is 0.0237. The predicted octanol–water partition coefficient (Wildman–Crippen LogP) is 2.71. The van der Waals surface area contributed by atoms with Crippen molar-refractivity contribution in [2.45, 2.75) is 50.6 Å². The number of aromatic nitrogens is 2. The average molecular weight is 413 g/mol. The second-order valence-electron chi connectivity index (χ2n) is 8.16. The molecule has 1 aromatic carbocycles. The summed E-state index contributed by atoms with van der Waals surface area (Å²) in [6, 6.07) is 12.3. The first kappa shape index (κ1) is 22.0. The molecule has 0 bridgehead atoms. The monoisotopic (exact) mass is 412 g/mol. The van der Waals surface area contributed by atoms with E-state index in [0.717, 1.165) is 18.6 Å². The van der Waals surface area contributed by atoms with Gasteiger partial charge in [-0.1, -0.05) is 43.9 Å². The second kappa shape index (κ2) is 10.4. The largest absolute Gasteiger partial charge is 0.492 e. The molecule has 0 unspecified atom stereocenters. The predicted molar refractivity (Wildman–Crippen MR) is 117 cm³/mol. The Morgan fingerprint density at radius 3 is 2.47 bits per heavy atom. The van der Waals surface area contributed by atoms with E-state index in [1.54, 1.807) is 0 Å². The number of ether oxygens (including phenoxy) is 1. The molecule has 2 aromatic rings. The first-order valence-corrected chi connectivity index (χ1v) is 10.7. The second-order valence-corrected chi connectivity index (χ2v) is 8.16. The van der Waals surface area contributed by atoms with Crippen LogP contribution in [0.1, 0.15) is 49.0 Å². The number of nitrogens with one attached hydrogen (secondary N) is 1. The van der Waals surface area contributed by atoms with Crippen molar-refractivity contribution in [3.05, 3.63) is 58.5 Å². The normalized spacial score (nSPS) is 16.1. The summed E-state index contributed by atoms with van der Waals surface area (Å²) in [5.41, 5.74) is -0.0296. The highest BCUT2D eigenvalue weighted by Crippen LogP contribution is 2.30. The molecule has 1 aliphatic carbocycles. The topological polar surface area (TPSA) is 76.5 Å². The third-order valence-corrected chi connectivity index (χ3v) is 5.98. The van der Waals surface area contributed by atoms with E-state index >= 15 is 0 Å². The van der Waals surface area contributed by atoms with Crippen molar-refractivity contribution in [1.29, 1.82) is 0 Å². The minimum Gasteiger partial charge on any atom is -0.492 e. The van der Waals surface area contributed by atoms with E-state index in [1.807, 2.05) is 30.3 Å². The van der Waals surface area contributed by atoms with Crippen molar-refractivity contribution in [3.63, 3.8) is 0 Å². The summed E-state index contributed by atoms with van der Waals surface area (Å²) in [5.74, 6) is 0.482. The zero-order valence-electron chi connectivity index (χ0n) is 18.0. The van der Waals surface area contributed by atoms with Gasteiger partial charge < -0.3 is 15.0 Å². The highest BCUT2D eigenvalue weighted by Gasteiger charge is 2.33. The van der Waals surface area contributed by atoms with Gasteiger partial charge in [-0.15, -0.1) is 0 Å². The van der Waals surface area contributed by atoms with Crippen LogP contribution in [-0.4, -0.2) is 53.4 Å². The third-order valence-electron chi connectivity index (χ3n) is 5.98. The fraction of sp³-hybridized carbons (Fsp3) is 0.522. The Morgan fingerprint density at radius 2 is 1.80 bits per heavy atom. The Morgan fingerprint density at radius 1 is 1.10 bits per heavy atom. The van der Waals surface area contributed by atoms with Gasteiger partial charge in [0.05, 0.1) is 6.54 Å². The van der Waals surface area contributed by atoms with E-state index in [2.05, 4.69) is 29.4 Å². The molecule has 0 aliphatic heterocycles. The Balaban J connectivity index is 1.61. The Hall–Kier alpha value is -2.67. The maximum absolute atomic E-state index is 12.8. The van der Waals surface area contributed by atoms with Crippen LogP contribution in [0.3, 0.4) is 0 Å². The molecule has 0 saturated heterocycles. The first-order chi connectivity index (χ1) is 14.5. The van der Waals surface area contributed by atoms with Crippen LogP contribution in [0, 0.1) is 0 Å². The van der Waals surface area contributed by atoms with Crippen molar-refractivity contribution in [1.82, 2.24) is 20.0 Å². The number of carbonyl (C=O) groups excluding carboxylic acids is 1. The van der Waals surface area contributed by atoms with Crippen LogP contribution in [0.5, 0.6) is 5.75 Å². The number of nitrogens with zero attached hydrogens (tertiary/aromatic N) is 3. The number of rotatable bonds is 8. The Kier molecular flexibility index (Phi) is 7.63. The lowest BCUT2D eigenvalue weighted by Gasteiger charge is -2.39. The van der Waals surface area contributed by atoms with Crippen molar-refractivity contribution < 1.29 is 9.53 Å². The van der Waals surface area contributed by atoms with Crippen LogP contribution >= 0.6 is 0 Å². The average Bonchev–Trinajstić information content (AvgIpc) is 3.01. The van der Waals surface area contributed by atoms with Crippen molar-refractivity contribution in [3.8, 4) is 5.75 Å². The molecule has 7 nitrogen and oxygen atoms in total. The molecule has 1 N–H and O–H groups in total. The Labute approximate surface area is 178 Å². The van der Waals surface area contributed by atoms with Gasteiger partial charge in [0.2, 0.25) is 0 Å². The first-order valence-electron chi connectivity index (χ1n) is 10.7. The number of para-hydroxylation sites is 1. The van der Waals surface area contributed by atoms with Gasteiger partial charge in [-0.3, -0.25) is 9.59 Å². The van der Waals surface area contributed by atoms with Crippen molar-refractivity contribution in [2.75, 3.05) is 27.2 Å². The molecule has 1 heterocycles. The molecule has 0 spiro atoms. The highest BCUT2D eigenvalue weighted by molar-refractivity contribution is 5.92. The molecule has 1 amide bonds. The van der Waals surface area contributed by atoms with Crippen LogP contribution in [0.4, 0.5) is 0 Å². The van der Waals surface area contributed by atoms with Gasteiger partial charge in [0.1, 0.15) is 18.1 Å². The fourth-order valence-electron chi connectivity index (χ4n) is 4.00. The number of hydrogen-bond donors (Lipinski definition) is 1. The summed E-state index contributed by atoms with van der Waals surface area (Å²) in [6.07, 6.45) is 7.01. The van der Waals surface area contributed by atoms with Gasteiger partial charge >= 0.3 is 0 Å². The van der Waals surface area contributed by atoms with E-state index in [9.17, 15) is 9.59 Å². The van der Waals surface area contributed by atoms with Gasteiger partial charge in [-0.05, 0) is 45.1 Å². The van der Waals surface area contributed by atoms with Crippen LogP contribution in [0.15, 0.2) is 47.3 Å². The van der Waals surface area contributed by atoms with Crippen molar-refractivity contribution in [2.24, 2.45) is 0 Å². The molecule has 3 rings (SSSR count). The number of benzene rings is 1. The quantitative estimate of drug-likeness (QED) is 0.675. The van der Waals surface area contributed by atoms with Crippen molar-refractivity contribution >= 4 is 5.91 Å². The number of carbonyl (C=O) groups is 1. The van der Waals surface area contributed by atoms with E-state index in [1.165, 1.54) is 42.5 Å². The van der Waals surface area contributed by atoms with Gasteiger partial charge in [-0.25, -0.2) is 4.68 Å². The van der Waals surface area contributed by atoms with Crippen LogP contribution < -0.4 is 15.6 Å². The molecule has 0 radical (unpaired) electrons. The molecule has 1 fully saturated rings. The molecule has 162 valence electrons. The zero-order chi connectivity index (χ0) is 21.4. The lowest BCUT2D eigenvalue weighted by atomic mass is 9.88. The van der Waals surface area contributed by atoms with E-state index in [-0.39, 0.29) is 29.2 Å². The molecule has 0 atom stereocenters. The molecule has 1 saturated carbocycles. The van der Waals surface area contributed by atoms with Gasteiger partial charge in [0, 0.05) is 18.2 Å². The maximum atomic E-state index is 12.8. The fourth-order valence-corrected chi connectivity index (χ4v) is 4.00. The van der Waals surface area contributed by atoms with Crippen LogP contribution in [0.2, 0.25) is 0 Å². The van der Waals surface area contributed by atoms with E-state index in [0.29, 0.717) is 13.2 Å². The molecule has 30 heavy (non-hydrogen) atoms. The van der Waals surface area contributed by atoms with Gasteiger partial charge in [-0.2, -0.15) is 5.10 Å². The van der Waals surface area contributed by atoms with Gasteiger partial charge in [0.15, 0.2) is 0 Å². The molecular weight excluding hydrogens is 380 g/mol. The summed E-state index contributed by atoms with van der Waals surface area (Å²) < 4.78 is 6.92. The van der Waals surface area contributed by atoms with E-state index < -0.39 is 0 Å². The maximum Gasteiger partial charge on any atom is 0.271 e. The lowest BCUT2D eigenvalue weighted by Crippen LogP contribution is -2.52. The summed E-state index contributed by atoms with van der Waals surface area (Å²) >= 11 is 0. The molecule has 1 aliphatic rings. The molecule has 1 aromatic heterocycles. The lowest BCUT2D eigenvalue weighted by molar-refractivity contribution is 0.0862. The minimum atomic E-state index is -0.253. The molecule has 7 heteroatoms. The SMILES string of the molecule is CN(C)C1(CNC(=O)c2ccc(=O)n(CCOc3ccccc3)n2)CCCCCC1. The summed E-state index contributed by atoms with van der Waals surface area (Å²) in [4.78, 5) is 27.1. The number of amides is 1. The number of hydrogen-bond acceptors (Lipinski definition) is 5. The van der Waals surface area contributed by atoms with Crippen LogP contribution in [-0.2, 0) is 6.54 Å². The summed E-state index contributed by atoms with van der Waals surface area (Å²) in [5, 5.41) is 7.31. The molecular formula is C23H32N4O3. The standard InChI is InChI=1S/C23H32N4O3/c1-26(2)23(14-8-3-4-9-15-23)18-24-22(29)20-12-13-21(28)27(25-20)16-17-30-19-10-6-5-7-11-19/h5-7,10-13H,3-4,8-9,14-18H2,1-2H3,(H,24,29). The highest BCUT2D eigenvalue weighted by atomic mass is 16.5.